The van der Waals surface area contributed by atoms with Crippen LogP contribution in [0.5, 0.6) is 5.75 Å². The molecule has 0 spiro atoms. The van der Waals surface area contributed by atoms with Crippen molar-refractivity contribution < 1.29 is 5.11 Å². The zero-order chi connectivity index (χ0) is 12.4. The first-order chi connectivity index (χ1) is 8.09. The maximum absolute atomic E-state index is 9.94. The van der Waals surface area contributed by atoms with Gasteiger partial charge in [0.15, 0.2) is 0 Å². The van der Waals surface area contributed by atoms with Crippen LogP contribution in [-0.4, -0.2) is 5.11 Å². The number of aryl methyl sites for hydroxylation is 1. The summed E-state index contributed by atoms with van der Waals surface area (Å²) < 4.78 is 0. The Bertz CT molecular complexity index is 525. The number of benzene rings is 2. The van der Waals surface area contributed by atoms with E-state index in [1.54, 1.807) is 6.07 Å². The highest BCUT2D eigenvalue weighted by atomic mass is 35.5. The van der Waals surface area contributed by atoms with Crippen LogP contribution in [0.4, 0.5) is 0 Å². The van der Waals surface area contributed by atoms with Crippen molar-refractivity contribution in [3.05, 3.63) is 64.2 Å². The molecule has 0 radical (unpaired) electrons. The fourth-order valence-corrected chi connectivity index (χ4v) is 2.12. The Balaban J connectivity index is 2.48. The highest BCUT2D eigenvalue weighted by Gasteiger charge is 2.15. The lowest BCUT2D eigenvalue weighted by Gasteiger charge is -2.15. The van der Waals surface area contributed by atoms with Gasteiger partial charge in [0.1, 0.15) is 5.75 Å². The van der Waals surface area contributed by atoms with Gasteiger partial charge in [0.25, 0.3) is 0 Å². The van der Waals surface area contributed by atoms with Gasteiger partial charge in [-0.2, -0.15) is 0 Å². The van der Waals surface area contributed by atoms with Crippen molar-refractivity contribution in [1.82, 2.24) is 0 Å². The molecule has 2 aromatic rings. The Morgan fingerprint density at radius 2 is 1.82 bits per heavy atom. The Morgan fingerprint density at radius 3 is 2.47 bits per heavy atom. The van der Waals surface area contributed by atoms with Gasteiger partial charge in [-0.15, -0.1) is 0 Å². The Morgan fingerprint density at radius 1 is 1.18 bits per heavy atom. The normalized spacial score (nSPS) is 12.4. The van der Waals surface area contributed by atoms with Gasteiger partial charge in [0.2, 0.25) is 0 Å². The minimum absolute atomic E-state index is 0.0635. The molecule has 2 rings (SSSR count). The lowest BCUT2D eigenvalue weighted by molar-refractivity contribution is 0.465. The largest absolute Gasteiger partial charge is 0.506 e. The molecule has 88 valence electrons. The molecule has 0 amide bonds. The van der Waals surface area contributed by atoms with Crippen LogP contribution in [0.15, 0.2) is 42.5 Å². The van der Waals surface area contributed by atoms with E-state index >= 15 is 0 Å². The molecule has 3 heteroatoms. The smallest absolute Gasteiger partial charge is 0.139 e. The summed E-state index contributed by atoms with van der Waals surface area (Å²) in [6, 6.07) is 12.8. The first-order valence-corrected chi connectivity index (χ1v) is 5.77. The third-order valence-electron chi connectivity index (χ3n) is 2.73. The molecule has 0 aliphatic carbocycles. The highest BCUT2D eigenvalue weighted by Crippen LogP contribution is 2.34. The van der Waals surface area contributed by atoms with Gasteiger partial charge in [-0.05, 0) is 24.1 Å². The number of hydrogen-bond acceptors (Lipinski definition) is 2. The van der Waals surface area contributed by atoms with Crippen molar-refractivity contribution in [3.8, 4) is 5.75 Å². The molecule has 0 fully saturated rings. The summed E-state index contributed by atoms with van der Waals surface area (Å²) in [4.78, 5) is 0. The molecule has 0 saturated carbocycles. The summed E-state index contributed by atoms with van der Waals surface area (Å²) in [6.45, 7) is 1.92. The summed E-state index contributed by atoms with van der Waals surface area (Å²) in [7, 11) is 0. The van der Waals surface area contributed by atoms with Gasteiger partial charge in [-0.1, -0.05) is 48.0 Å². The number of halogens is 1. The lowest BCUT2D eigenvalue weighted by atomic mass is 9.97. The van der Waals surface area contributed by atoms with Crippen molar-refractivity contribution in [1.29, 1.82) is 0 Å². The SMILES string of the molecule is Cc1cc(Cl)c(O)c(C(N)c2ccccc2)c1. The molecule has 0 bridgehead atoms. The quantitative estimate of drug-likeness (QED) is 0.854. The molecule has 0 aliphatic rings. The second kappa shape index (κ2) is 4.78. The van der Waals surface area contributed by atoms with E-state index in [2.05, 4.69) is 0 Å². The van der Waals surface area contributed by atoms with Gasteiger partial charge in [0, 0.05) is 5.56 Å². The summed E-state index contributed by atoms with van der Waals surface area (Å²) >= 11 is 5.95. The molecule has 0 aliphatic heterocycles. The maximum Gasteiger partial charge on any atom is 0.139 e. The van der Waals surface area contributed by atoms with Crippen molar-refractivity contribution in [2.24, 2.45) is 5.73 Å². The minimum Gasteiger partial charge on any atom is -0.506 e. The van der Waals surface area contributed by atoms with Crippen LogP contribution >= 0.6 is 11.6 Å². The van der Waals surface area contributed by atoms with Crippen molar-refractivity contribution in [2.75, 3.05) is 0 Å². The van der Waals surface area contributed by atoms with E-state index in [1.807, 2.05) is 43.3 Å². The second-order valence-corrected chi connectivity index (χ2v) is 4.48. The predicted octanol–water partition coefficient (Wildman–Crippen LogP) is 3.40. The van der Waals surface area contributed by atoms with Crippen LogP contribution in [-0.2, 0) is 0 Å². The standard InChI is InChI=1S/C14H14ClNO/c1-9-7-11(14(17)12(15)8-9)13(16)10-5-3-2-4-6-10/h2-8,13,17H,16H2,1H3. The van der Waals surface area contributed by atoms with Crippen LogP contribution < -0.4 is 5.73 Å². The number of aromatic hydroxyl groups is 1. The van der Waals surface area contributed by atoms with Crippen LogP contribution in [0.2, 0.25) is 5.02 Å². The lowest BCUT2D eigenvalue weighted by Crippen LogP contribution is -2.12. The average molecular weight is 248 g/mol. The van der Waals surface area contributed by atoms with Gasteiger partial charge in [-0.25, -0.2) is 0 Å². The molecule has 0 heterocycles. The van der Waals surface area contributed by atoms with Crippen molar-refractivity contribution in [3.63, 3.8) is 0 Å². The van der Waals surface area contributed by atoms with Gasteiger partial charge in [-0.3, -0.25) is 0 Å². The zero-order valence-corrected chi connectivity index (χ0v) is 10.3. The van der Waals surface area contributed by atoms with E-state index in [1.165, 1.54) is 0 Å². The highest BCUT2D eigenvalue weighted by molar-refractivity contribution is 6.32. The van der Waals surface area contributed by atoms with Crippen LogP contribution in [0.1, 0.15) is 22.7 Å². The van der Waals surface area contributed by atoms with E-state index in [9.17, 15) is 5.11 Å². The van der Waals surface area contributed by atoms with Crippen LogP contribution in [0, 0.1) is 6.92 Å². The van der Waals surface area contributed by atoms with Crippen molar-refractivity contribution in [2.45, 2.75) is 13.0 Å². The fourth-order valence-electron chi connectivity index (χ4n) is 1.84. The topological polar surface area (TPSA) is 46.2 Å². The molecule has 1 unspecified atom stereocenters. The summed E-state index contributed by atoms with van der Waals surface area (Å²) in [6.07, 6.45) is 0. The summed E-state index contributed by atoms with van der Waals surface area (Å²) in [5.74, 6) is 0.0635. The summed E-state index contributed by atoms with van der Waals surface area (Å²) in [5, 5.41) is 10.3. The monoisotopic (exact) mass is 247 g/mol. The van der Waals surface area contributed by atoms with E-state index in [4.69, 9.17) is 17.3 Å². The zero-order valence-electron chi connectivity index (χ0n) is 9.52. The number of rotatable bonds is 2. The molecule has 2 nitrogen and oxygen atoms in total. The van der Waals surface area contributed by atoms with Crippen LogP contribution in [0.3, 0.4) is 0 Å². The van der Waals surface area contributed by atoms with E-state index in [0.717, 1.165) is 11.1 Å². The molecular formula is C14H14ClNO. The molecule has 0 saturated heterocycles. The summed E-state index contributed by atoms with van der Waals surface area (Å²) in [5.41, 5.74) is 8.72. The molecule has 0 aromatic heterocycles. The molecule has 17 heavy (non-hydrogen) atoms. The molecule has 1 atom stereocenters. The number of phenols is 1. The van der Waals surface area contributed by atoms with Crippen molar-refractivity contribution >= 4 is 11.6 Å². The average Bonchev–Trinajstić information content (AvgIpc) is 2.34. The Hall–Kier alpha value is -1.51. The van der Waals surface area contributed by atoms with E-state index in [-0.39, 0.29) is 11.8 Å². The van der Waals surface area contributed by atoms with E-state index < -0.39 is 0 Å². The second-order valence-electron chi connectivity index (χ2n) is 4.07. The van der Waals surface area contributed by atoms with Gasteiger partial charge < -0.3 is 10.8 Å². The first-order valence-electron chi connectivity index (χ1n) is 5.39. The molecule has 2 aromatic carbocycles. The van der Waals surface area contributed by atoms with Gasteiger partial charge >= 0.3 is 0 Å². The maximum atomic E-state index is 9.94. The predicted molar refractivity (Wildman–Crippen MR) is 70.3 cm³/mol. The molecular weight excluding hydrogens is 234 g/mol. The first kappa shape index (κ1) is 12.0. The third-order valence-corrected chi connectivity index (χ3v) is 3.02. The molecule has 3 N–H and O–H groups in total. The number of phenolic OH excluding ortho intramolecular Hbond substituents is 1. The minimum atomic E-state index is -0.367. The van der Waals surface area contributed by atoms with E-state index in [0.29, 0.717) is 10.6 Å². The Labute approximate surface area is 106 Å². The van der Waals surface area contributed by atoms with Crippen LogP contribution in [0.25, 0.3) is 0 Å². The fraction of sp³-hybridized carbons (Fsp3) is 0.143. The third kappa shape index (κ3) is 2.43. The number of hydrogen-bond donors (Lipinski definition) is 2. The van der Waals surface area contributed by atoms with Gasteiger partial charge in [0.05, 0.1) is 11.1 Å². The number of nitrogens with two attached hydrogens (primary N) is 1. The Kier molecular flexibility index (Phi) is 3.36.